The van der Waals surface area contributed by atoms with Crippen LogP contribution in [0, 0.1) is 6.07 Å². The highest BCUT2D eigenvalue weighted by Gasteiger charge is 2.09. The van der Waals surface area contributed by atoms with Crippen molar-refractivity contribution < 1.29 is 0 Å². The first kappa shape index (κ1) is 5.11. The van der Waals surface area contributed by atoms with Crippen LogP contribution in [0.15, 0.2) is 17.3 Å². The lowest BCUT2D eigenvalue weighted by Crippen LogP contribution is -1.87. The second-order valence-corrected chi connectivity index (χ2v) is 2.70. The number of nitrogens with one attached hydrogen (secondary N) is 1. The highest BCUT2D eigenvalue weighted by Crippen LogP contribution is 2.29. The molecule has 2 rings (SSSR count). The third-order valence-electron chi connectivity index (χ3n) is 1.17. The number of thioether (sulfide) groups is 1. The summed E-state index contributed by atoms with van der Waals surface area (Å²) in [5.74, 6) is 0.933. The Morgan fingerprint density at radius 1 is 1.78 bits per heavy atom. The van der Waals surface area contributed by atoms with Gasteiger partial charge >= 0.3 is 0 Å². The smallest absolute Gasteiger partial charge is 0.122 e. The molecule has 0 saturated carbocycles. The minimum absolute atomic E-state index is 0.933. The lowest BCUT2D eigenvalue weighted by molar-refractivity contribution is 1.15. The molecule has 45 valence electrons. The summed E-state index contributed by atoms with van der Waals surface area (Å²) in [6.45, 7) is 0. The van der Waals surface area contributed by atoms with Crippen molar-refractivity contribution in [3.05, 3.63) is 18.3 Å². The van der Waals surface area contributed by atoms with Gasteiger partial charge in [0.15, 0.2) is 0 Å². The fraction of sp³-hybridized carbons (Fsp3) is 0.167. The van der Waals surface area contributed by atoms with E-state index in [0.717, 1.165) is 16.6 Å². The first-order valence-electron chi connectivity index (χ1n) is 2.70. The van der Waals surface area contributed by atoms with Crippen molar-refractivity contribution in [1.29, 1.82) is 0 Å². The Hall–Kier alpha value is -0.700. The van der Waals surface area contributed by atoms with E-state index in [9.17, 15) is 0 Å². The van der Waals surface area contributed by atoms with Gasteiger partial charge in [0.25, 0.3) is 0 Å². The van der Waals surface area contributed by atoms with Gasteiger partial charge in [-0.1, -0.05) is 11.8 Å². The van der Waals surface area contributed by atoms with Crippen LogP contribution >= 0.6 is 11.8 Å². The molecule has 0 fully saturated rings. The Labute approximate surface area is 57.7 Å². The number of anilines is 1. The van der Waals surface area contributed by atoms with Gasteiger partial charge in [0, 0.05) is 12.3 Å². The van der Waals surface area contributed by atoms with E-state index in [-0.39, 0.29) is 0 Å². The SMILES string of the molecule is [c]1ccnc2c1NCS2. The van der Waals surface area contributed by atoms with Crippen LogP contribution in [-0.2, 0) is 0 Å². The van der Waals surface area contributed by atoms with Gasteiger partial charge in [-0.3, -0.25) is 0 Å². The molecular formula is C6H5N2S. The molecule has 9 heavy (non-hydrogen) atoms. The maximum Gasteiger partial charge on any atom is 0.122 e. The maximum atomic E-state index is 4.13. The topological polar surface area (TPSA) is 24.9 Å². The minimum atomic E-state index is 0.933. The van der Waals surface area contributed by atoms with E-state index in [0.29, 0.717) is 0 Å². The number of rotatable bonds is 0. The van der Waals surface area contributed by atoms with Gasteiger partial charge in [0.05, 0.1) is 11.6 Å². The number of aromatic nitrogens is 1. The Balaban J connectivity index is 2.54. The zero-order valence-corrected chi connectivity index (χ0v) is 5.53. The average molecular weight is 137 g/mol. The molecule has 1 aliphatic heterocycles. The van der Waals surface area contributed by atoms with E-state index in [1.165, 1.54) is 0 Å². The van der Waals surface area contributed by atoms with Crippen molar-refractivity contribution in [3.63, 3.8) is 0 Å². The molecule has 1 N–H and O–H groups in total. The van der Waals surface area contributed by atoms with Crippen LogP contribution in [-0.4, -0.2) is 10.9 Å². The number of nitrogens with zero attached hydrogens (tertiary/aromatic N) is 1. The Morgan fingerprint density at radius 2 is 2.78 bits per heavy atom. The first-order chi connectivity index (χ1) is 4.47. The van der Waals surface area contributed by atoms with Crippen molar-refractivity contribution in [2.24, 2.45) is 0 Å². The highest BCUT2D eigenvalue weighted by atomic mass is 32.2. The lowest BCUT2D eigenvalue weighted by atomic mass is 10.4. The fourth-order valence-electron chi connectivity index (χ4n) is 0.765. The molecule has 0 amide bonds. The molecule has 0 aliphatic carbocycles. The van der Waals surface area contributed by atoms with Gasteiger partial charge in [0.2, 0.25) is 0 Å². The van der Waals surface area contributed by atoms with Gasteiger partial charge < -0.3 is 5.32 Å². The zero-order valence-electron chi connectivity index (χ0n) is 4.72. The van der Waals surface area contributed by atoms with Crippen LogP contribution in [0.4, 0.5) is 5.69 Å². The van der Waals surface area contributed by atoms with Gasteiger partial charge in [-0.05, 0) is 6.07 Å². The van der Waals surface area contributed by atoms with Crippen LogP contribution in [0.5, 0.6) is 0 Å². The normalized spacial score (nSPS) is 14.7. The molecule has 1 aromatic rings. The molecule has 0 spiro atoms. The highest BCUT2D eigenvalue weighted by molar-refractivity contribution is 7.99. The van der Waals surface area contributed by atoms with Crippen molar-refractivity contribution >= 4 is 17.4 Å². The summed E-state index contributed by atoms with van der Waals surface area (Å²) in [5.41, 5.74) is 1.04. The van der Waals surface area contributed by atoms with Gasteiger partial charge in [-0.2, -0.15) is 0 Å². The number of hydrogen-bond acceptors (Lipinski definition) is 3. The Kier molecular flexibility index (Phi) is 1.09. The third-order valence-corrected chi connectivity index (χ3v) is 2.04. The molecule has 0 saturated heterocycles. The fourth-order valence-corrected chi connectivity index (χ4v) is 1.53. The standard InChI is InChI=1S/C6H5N2S/c1-2-5-6(7-3-1)9-4-8-5/h1,3,8H,4H2. The second-order valence-electron chi connectivity index (χ2n) is 1.73. The monoisotopic (exact) mass is 137 g/mol. The summed E-state index contributed by atoms with van der Waals surface area (Å²) in [6.07, 6.45) is 1.76. The van der Waals surface area contributed by atoms with Crippen LogP contribution in [0.25, 0.3) is 0 Å². The van der Waals surface area contributed by atoms with Gasteiger partial charge in [-0.15, -0.1) is 0 Å². The molecule has 1 aliphatic rings. The summed E-state index contributed by atoms with van der Waals surface area (Å²) in [5, 5.41) is 4.21. The summed E-state index contributed by atoms with van der Waals surface area (Å²) in [6, 6.07) is 4.87. The first-order valence-corrected chi connectivity index (χ1v) is 3.69. The quantitative estimate of drug-likeness (QED) is 0.584. The summed E-state index contributed by atoms with van der Waals surface area (Å²) in [7, 11) is 0. The van der Waals surface area contributed by atoms with Crippen molar-refractivity contribution in [2.45, 2.75) is 5.03 Å². The van der Waals surface area contributed by atoms with Crippen molar-refractivity contribution in [2.75, 3.05) is 11.2 Å². The van der Waals surface area contributed by atoms with Crippen LogP contribution in [0.1, 0.15) is 0 Å². The Morgan fingerprint density at radius 3 is 3.67 bits per heavy atom. The predicted molar refractivity (Wildman–Crippen MR) is 37.4 cm³/mol. The Bertz CT molecular complexity index is 201. The summed E-state index contributed by atoms with van der Waals surface area (Å²) >= 11 is 1.71. The predicted octanol–water partition coefficient (Wildman–Crippen LogP) is 1.36. The van der Waals surface area contributed by atoms with E-state index in [2.05, 4.69) is 16.4 Å². The van der Waals surface area contributed by atoms with E-state index in [1.54, 1.807) is 18.0 Å². The zero-order chi connectivity index (χ0) is 6.10. The molecule has 1 radical (unpaired) electrons. The summed E-state index contributed by atoms with van der Waals surface area (Å²) < 4.78 is 0. The van der Waals surface area contributed by atoms with Gasteiger partial charge in [0.1, 0.15) is 5.03 Å². The molecule has 2 nitrogen and oxygen atoms in total. The largest absolute Gasteiger partial charge is 0.373 e. The van der Waals surface area contributed by atoms with Gasteiger partial charge in [-0.25, -0.2) is 4.98 Å². The lowest BCUT2D eigenvalue weighted by Gasteiger charge is -1.91. The molecular weight excluding hydrogens is 132 g/mol. The van der Waals surface area contributed by atoms with Crippen LogP contribution in [0.2, 0.25) is 0 Å². The molecule has 1 aromatic heterocycles. The van der Waals surface area contributed by atoms with E-state index in [4.69, 9.17) is 0 Å². The van der Waals surface area contributed by atoms with Crippen molar-refractivity contribution in [1.82, 2.24) is 4.98 Å². The average Bonchev–Trinajstić information content (AvgIpc) is 2.33. The number of fused-ring (bicyclic) bond motifs is 1. The van der Waals surface area contributed by atoms with Crippen LogP contribution in [0.3, 0.4) is 0 Å². The molecule has 3 heteroatoms. The van der Waals surface area contributed by atoms with Crippen LogP contribution < -0.4 is 5.32 Å². The molecule has 0 atom stereocenters. The molecule has 2 heterocycles. The second kappa shape index (κ2) is 1.92. The van der Waals surface area contributed by atoms with E-state index < -0.39 is 0 Å². The number of hydrogen-bond donors (Lipinski definition) is 1. The summed E-state index contributed by atoms with van der Waals surface area (Å²) in [4.78, 5) is 4.13. The molecule has 0 unspecified atom stereocenters. The van der Waals surface area contributed by atoms with E-state index >= 15 is 0 Å². The van der Waals surface area contributed by atoms with Crippen molar-refractivity contribution in [3.8, 4) is 0 Å². The minimum Gasteiger partial charge on any atom is -0.373 e. The molecule has 0 bridgehead atoms. The van der Waals surface area contributed by atoms with E-state index in [1.807, 2.05) is 6.07 Å². The number of pyridine rings is 1. The molecule has 0 aromatic carbocycles. The maximum absolute atomic E-state index is 4.13. The third kappa shape index (κ3) is 0.772.